The van der Waals surface area contributed by atoms with Crippen LogP contribution in [-0.4, -0.2) is 22.5 Å². The first kappa shape index (κ1) is 23.1. The van der Waals surface area contributed by atoms with Gasteiger partial charge in [0, 0.05) is 34.4 Å². The van der Waals surface area contributed by atoms with Gasteiger partial charge in [-0.15, -0.1) is 0 Å². The molecule has 0 aliphatic rings. The second-order valence-electron chi connectivity index (χ2n) is 9.75. The first-order chi connectivity index (χ1) is 14.8. The molecular formula is C25H29N3O4. The van der Waals surface area contributed by atoms with Crippen molar-refractivity contribution in [2.75, 3.05) is 5.32 Å². The lowest BCUT2D eigenvalue weighted by molar-refractivity contribution is 0.102. The van der Waals surface area contributed by atoms with Crippen LogP contribution in [-0.2, 0) is 5.41 Å². The molecule has 2 amide bonds. The highest BCUT2D eigenvalue weighted by Crippen LogP contribution is 2.33. The third-order valence-corrected chi connectivity index (χ3v) is 4.77. The number of rotatable bonds is 3. The van der Waals surface area contributed by atoms with Crippen LogP contribution in [0, 0.1) is 0 Å². The highest BCUT2D eigenvalue weighted by molar-refractivity contribution is 6.06. The summed E-state index contributed by atoms with van der Waals surface area (Å²) in [5.41, 5.74) is 0.861. The molecule has 0 atom stereocenters. The quantitative estimate of drug-likeness (QED) is 0.541. The predicted molar refractivity (Wildman–Crippen MR) is 127 cm³/mol. The third kappa shape index (κ3) is 5.35. The van der Waals surface area contributed by atoms with E-state index in [1.54, 1.807) is 36.4 Å². The van der Waals surface area contributed by atoms with Gasteiger partial charge in [-0.05, 0) is 49.9 Å². The van der Waals surface area contributed by atoms with Gasteiger partial charge in [0.25, 0.3) is 5.91 Å². The molecule has 7 nitrogen and oxygen atoms in total. The summed E-state index contributed by atoms with van der Waals surface area (Å²) < 4.78 is 5.40. The number of carbonyl (C=O) groups excluding carboxylic acids is 2. The Morgan fingerprint density at radius 2 is 1.66 bits per heavy atom. The molecule has 32 heavy (non-hydrogen) atoms. The zero-order valence-corrected chi connectivity index (χ0v) is 19.3. The normalized spacial score (nSPS) is 11.8. The Morgan fingerprint density at radius 3 is 2.31 bits per heavy atom. The average Bonchev–Trinajstić information content (AvgIpc) is 2.66. The first-order valence-corrected chi connectivity index (χ1v) is 10.4. The largest absolute Gasteiger partial charge is 0.413 e. The fraction of sp³-hybridized carbons (Fsp3) is 0.320. The molecule has 0 radical (unpaired) electrons. The maximum atomic E-state index is 13.0. The van der Waals surface area contributed by atoms with Gasteiger partial charge in [0.1, 0.15) is 11.3 Å². The molecule has 1 heterocycles. The number of H-pyrrole nitrogens is 1. The van der Waals surface area contributed by atoms with Crippen molar-refractivity contribution in [1.82, 2.24) is 10.3 Å². The Kier molecular flexibility index (Phi) is 6.12. The van der Waals surface area contributed by atoms with E-state index in [0.717, 1.165) is 5.56 Å². The number of benzene rings is 2. The summed E-state index contributed by atoms with van der Waals surface area (Å²) in [5.74, 6) is -0.263. The molecule has 3 N–H and O–H groups in total. The van der Waals surface area contributed by atoms with E-state index in [9.17, 15) is 14.4 Å². The van der Waals surface area contributed by atoms with Gasteiger partial charge in [0.2, 0.25) is 5.43 Å². The van der Waals surface area contributed by atoms with E-state index < -0.39 is 17.5 Å². The van der Waals surface area contributed by atoms with Gasteiger partial charge < -0.3 is 20.4 Å². The topological polar surface area (TPSA) is 100 Å². The number of fused-ring (bicyclic) bond motifs is 1. The Labute approximate surface area is 187 Å². The zero-order valence-electron chi connectivity index (χ0n) is 19.3. The number of nitrogens with one attached hydrogen (secondary N) is 3. The van der Waals surface area contributed by atoms with Crippen LogP contribution in [0.4, 0.5) is 10.5 Å². The van der Waals surface area contributed by atoms with Crippen molar-refractivity contribution < 1.29 is 14.3 Å². The Hall–Kier alpha value is -3.61. The maximum Gasteiger partial charge on any atom is 0.413 e. The number of anilines is 1. The number of hydrogen-bond donors (Lipinski definition) is 3. The first-order valence-electron chi connectivity index (χ1n) is 10.4. The fourth-order valence-corrected chi connectivity index (χ4v) is 3.31. The Bertz CT molecular complexity index is 1230. The van der Waals surface area contributed by atoms with Crippen molar-refractivity contribution in [3.8, 4) is 5.75 Å². The van der Waals surface area contributed by atoms with Gasteiger partial charge in [0.05, 0.1) is 0 Å². The molecule has 0 spiro atoms. The van der Waals surface area contributed by atoms with Crippen LogP contribution in [0.2, 0.25) is 0 Å². The molecule has 0 saturated heterocycles. The number of hydrogen-bond acceptors (Lipinski definition) is 4. The Morgan fingerprint density at radius 1 is 0.969 bits per heavy atom. The summed E-state index contributed by atoms with van der Waals surface area (Å²) >= 11 is 0. The van der Waals surface area contributed by atoms with Crippen LogP contribution in [0.5, 0.6) is 5.75 Å². The van der Waals surface area contributed by atoms with E-state index in [1.165, 1.54) is 6.20 Å². The standard InChI is InChI=1S/C25H29N3O4/c1-24(2,3)18-12-11-15(32-23(31)28-25(4,5)6)13-20(18)27-22(30)17-14-26-19-10-8-7-9-16(19)21(17)29/h7-14H,1-6H3,(H,26,29)(H,27,30)(H,28,31). The van der Waals surface area contributed by atoms with Crippen LogP contribution >= 0.6 is 0 Å². The van der Waals surface area contributed by atoms with Crippen LogP contribution in [0.25, 0.3) is 10.9 Å². The van der Waals surface area contributed by atoms with Gasteiger partial charge >= 0.3 is 6.09 Å². The van der Waals surface area contributed by atoms with E-state index in [1.807, 2.05) is 47.6 Å². The van der Waals surface area contributed by atoms with E-state index in [0.29, 0.717) is 16.6 Å². The monoisotopic (exact) mass is 435 g/mol. The molecule has 3 rings (SSSR count). The lowest BCUT2D eigenvalue weighted by Gasteiger charge is -2.24. The van der Waals surface area contributed by atoms with Crippen molar-refractivity contribution in [1.29, 1.82) is 0 Å². The number of para-hydroxylation sites is 1. The SMILES string of the molecule is CC(C)(C)NC(=O)Oc1ccc(C(C)(C)C)c(NC(=O)c2c[nH]c3ccccc3c2=O)c1. The highest BCUT2D eigenvalue weighted by atomic mass is 16.6. The lowest BCUT2D eigenvalue weighted by atomic mass is 9.85. The fourth-order valence-electron chi connectivity index (χ4n) is 3.31. The molecule has 1 aromatic heterocycles. The summed E-state index contributed by atoms with van der Waals surface area (Å²) in [6, 6.07) is 12.1. The van der Waals surface area contributed by atoms with Crippen molar-refractivity contribution in [2.24, 2.45) is 0 Å². The lowest BCUT2D eigenvalue weighted by Crippen LogP contribution is -2.42. The number of amides is 2. The van der Waals surface area contributed by atoms with Gasteiger partial charge in [0.15, 0.2) is 0 Å². The number of pyridine rings is 1. The smallest absolute Gasteiger partial charge is 0.410 e. The minimum absolute atomic E-state index is 0.000330. The van der Waals surface area contributed by atoms with E-state index >= 15 is 0 Å². The molecule has 0 unspecified atom stereocenters. The molecule has 2 aromatic carbocycles. The van der Waals surface area contributed by atoms with E-state index in [2.05, 4.69) is 15.6 Å². The summed E-state index contributed by atoms with van der Waals surface area (Å²) in [7, 11) is 0. The summed E-state index contributed by atoms with van der Waals surface area (Å²) in [6.07, 6.45) is 0.817. The summed E-state index contributed by atoms with van der Waals surface area (Å²) in [5, 5.41) is 6.00. The minimum Gasteiger partial charge on any atom is -0.410 e. The van der Waals surface area contributed by atoms with E-state index in [4.69, 9.17) is 4.74 Å². The molecule has 0 aliphatic carbocycles. The highest BCUT2D eigenvalue weighted by Gasteiger charge is 2.22. The van der Waals surface area contributed by atoms with Crippen molar-refractivity contribution in [2.45, 2.75) is 52.5 Å². The van der Waals surface area contributed by atoms with Gasteiger partial charge in [-0.3, -0.25) is 9.59 Å². The van der Waals surface area contributed by atoms with Crippen molar-refractivity contribution in [3.05, 3.63) is 70.0 Å². The van der Waals surface area contributed by atoms with Gasteiger partial charge in [-0.1, -0.05) is 39.0 Å². The second kappa shape index (κ2) is 8.49. The second-order valence-corrected chi connectivity index (χ2v) is 9.75. The molecule has 168 valence electrons. The molecular weight excluding hydrogens is 406 g/mol. The number of ether oxygens (including phenoxy) is 1. The van der Waals surface area contributed by atoms with Crippen LogP contribution in [0.15, 0.2) is 53.5 Å². The predicted octanol–water partition coefficient (Wildman–Crippen LogP) is 4.96. The Balaban J connectivity index is 1.95. The van der Waals surface area contributed by atoms with Crippen LogP contribution in [0.3, 0.4) is 0 Å². The molecule has 7 heteroatoms. The van der Waals surface area contributed by atoms with Gasteiger partial charge in [-0.2, -0.15) is 0 Å². The maximum absolute atomic E-state index is 13.0. The third-order valence-electron chi connectivity index (χ3n) is 4.77. The van der Waals surface area contributed by atoms with Crippen molar-refractivity contribution in [3.63, 3.8) is 0 Å². The number of carbonyl (C=O) groups is 2. The molecule has 0 bridgehead atoms. The van der Waals surface area contributed by atoms with Gasteiger partial charge in [-0.25, -0.2) is 4.79 Å². The summed E-state index contributed by atoms with van der Waals surface area (Å²) in [6.45, 7) is 11.6. The van der Waals surface area contributed by atoms with E-state index in [-0.39, 0.29) is 22.2 Å². The zero-order chi connectivity index (χ0) is 23.7. The average molecular weight is 436 g/mol. The molecule has 0 aliphatic heterocycles. The molecule has 3 aromatic rings. The summed E-state index contributed by atoms with van der Waals surface area (Å²) in [4.78, 5) is 41.0. The van der Waals surface area contributed by atoms with Crippen LogP contribution < -0.4 is 20.8 Å². The number of aromatic amines is 1. The van der Waals surface area contributed by atoms with Crippen molar-refractivity contribution >= 4 is 28.6 Å². The number of aromatic nitrogens is 1. The minimum atomic E-state index is -0.593. The van der Waals surface area contributed by atoms with Crippen LogP contribution in [0.1, 0.15) is 57.5 Å². The molecule has 0 saturated carbocycles. The molecule has 0 fully saturated rings.